The summed E-state index contributed by atoms with van der Waals surface area (Å²) < 4.78 is 0. The van der Waals surface area contributed by atoms with Crippen LogP contribution in [0.1, 0.15) is 43.8 Å². The molecule has 5 heteroatoms. The molecule has 1 aromatic heterocycles. The van der Waals surface area contributed by atoms with Gasteiger partial charge in [-0.05, 0) is 55.8 Å². The van der Waals surface area contributed by atoms with E-state index < -0.39 is 0 Å². The number of aromatic nitrogens is 3. The summed E-state index contributed by atoms with van der Waals surface area (Å²) >= 11 is 0. The second-order valence-corrected chi connectivity index (χ2v) is 7.20. The van der Waals surface area contributed by atoms with Crippen LogP contribution in [0.5, 0.6) is 0 Å². The Balaban J connectivity index is 1.70. The Hall–Kier alpha value is -1.39. The number of hydrogen-bond acceptors (Lipinski definition) is 5. The lowest BCUT2D eigenvalue weighted by atomic mass is 9.51. The zero-order valence-corrected chi connectivity index (χ0v) is 12.3. The number of hydrogen-bond donors (Lipinski definition) is 1. The van der Waals surface area contributed by atoms with E-state index in [1.807, 2.05) is 19.0 Å². The maximum absolute atomic E-state index is 5.90. The molecule has 1 heterocycles. The summed E-state index contributed by atoms with van der Waals surface area (Å²) in [6, 6.07) is 0. The van der Waals surface area contributed by atoms with Crippen LogP contribution in [0.4, 0.5) is 11.9 Å². The predicted molar refractivity (Wildman–Crippen MR) is 78.4 cm³/mol. The van der Waals surface area contributed by atoms with Crippen molar-refractivity contribution in [2.24, 2.45) is 23.7 Å². The maximum atomic E-state index is 5.90. The van der Waals surface area contributed by atoms with Crippen molar-refractivity contribution in [3.63, 3.8) is 0 Å². The van der Waals surface area contributed by atoms with Crippen molar-refractivity contribution < 1.29 is 0 Å². The molecule has 0 atom stereocenters. The third kappa shape index (κ3) is 1.86. The predicted octanol–water partition coefficient (Wildman–Crippen LogP) is 2.06. The van der Waals surface area contributed by atoms with Gasteiger partial charge in [-0.15, -0.1) is 0 Å². The minimum absolute atomic E-state index is 0.368. The van der Waals surface area contributed by atoms with Crippen molar-refractivity contribution >= 4 is 11.9 Å². The minimum Gasteiger partial charge on any atom is -0.368 e. The van der Waals surface area contributed by atoms with Crippen LogP contribution in [0, 0.1) is 23.7 Å². The zero-order valence-electron chi connectivity index (χ0n) is 12.3. The van der Waals surface area contributed by atoms with Crippen molar-refractivity contribution in [2.75, 3.05) is 24.7 Å². The first-order valence-electron chi connectivity index (χ1n) is 7.79. The first-order chi connectivity index (χ1) is 9.60. The van der Waals surface area contributed by atoms with E-state index >= 15 is 0 Å². The van der Waals surface area contributed by atoms with Crippen LogP contribution in [0.3, 0.4) is 0 Å². The summed E-state index contributed by atoms with van der Waals surface area (Å²) in [7, 11) is 3.91. The summed E-state index contributed by atoms with van der Waals surface area (Å²) in [5, 5.41) is 0. The van der Waals surface area contributed by atoms with Crippen LogP contribution in [-0.4, -0.2) is 29.0 Å². The highest BCUT2D eigenvalue weighted by Crippen LogP contribution is 2.59. The van der Waals surface area contributed by atoms with Gasteiger partial charge in [0.1, 0.15) is 5.82 Å². The van der Waals surface area contributed by atoms with Crippen LogP contribution in [0.15, 0.2) is 0 Å². The fourth-order valence-electron chi connectivity index (χ4n) is 5.09. The molecule has 0 amide bonds. The normalized spacial score (nSPS) is 38.2. The Kier molecular flexibility index (Phi) is 2.66. The van der Waals surface area contributed by atoms with Gasteiger partial charge in [-0.25, -0.2) is 0 Å². The molecule has 4 aliphatic rings. The lowest BCUT2D eigenvalue weighted by Crippen LogP contribution is -2.44. The third-order valence-electron chi connectivity index (χ3n) is 5.58. The fraction of sp³-hybridized carbons (Fsp3) is 0.800. The largest absolute Gasteiger partial charge is 0.368 e. The van der Waals surface area contributed by atoms with Crippen molar-refractivity contribution in [2.45, 2.75) is 38.0 Å². The lowest BCUT2D eigenvalue weighted by molar-refractivity contribution is -0.00562. The van der Waals surface area contributed by atoms with E-state index in [-0.39, 0.29) is 0 Å². The average molecular weight is 273 g/mol. The second-order valence-electron chi connectivity index (χ2n) is 7.20. The molecular formula is C15H23N5. The van der Waals surface area contributed by atoms with E-state index in [1.165, 1.54) is 32.1 Å². The molecule has 4 bridgehead atoms. The Morgan fingerprint density at radius 3 is 2.05 bits per heavy atom. The molecule has 4 fully saturated rings. The molecular weight excluding hydrogens is 250 g/mol. The summed E-state index contributed by atoms with van der Waals surface area (Å²) in [6.45, 7) is 0. The molecule has 0 saturated heterocycles. The van der Waals surface area contributed by atoms with Gasteiger partial charge in [0.05, 0.1) is 0 Å². The Labute approximate surface area is 120 Å². The van der Waals surface area contributed by atoms with Gasteiger partial charge in [-0.1, -0.05) is 0 Å². The zero-order chi connectivity index (χ0) is 13.9. The van der Waals surface area contributed by atoms with Crippen molar-refractivity contribution in [3.8, 4) is 0 Å². The molecule has 2 N–H and O–H groups in total. The van der Waals surface area contributed by atoms with Gasteiger partial charge in [0, 0.05) is 20.0 Å². The van der Waals surface area contributed by atoms with Crippen LogP contribution in [0.25, 0.3) is 0 Å². The van der Waals surface area contributed by atoms with Crippen LogP contribution in [-0.2, 0) is 0 Å². The van der Waals surface area contributed by atoms with Gasteiger partial charge >= 0.3 is 0 Å². The highest BCUT2D eigenvalue weighted by atomic mass is 15.3. The number of rotatable bonds is 2. The number of nitrogen functional groups attached to an aromatic ring is 1. The van der Waals surface area contributed by atoms with E-state index in [1.54, 1.807) is 0 Å². The van der Waals surface area contributed by atoms with Crippen molar-refractivity contribution in [1.29, 1.82) is 0 Å². The standard InChI is InChI=1S/C15H23N5/c1-20(2)15-18-13(17-14(16)19-15)12-10-4-8-3-9(6-10)7-11(12)5-8/h8-12H,3-7H2,1-2H3,(H2,16,17,18,19). The van der Waals surface area contributed by atoms with Gasteiger partial charge in [-0.2, -0.15) is 15.0 Å². The van der Waals surface area contributed by atoms with Crippen LogP contribution in [0.2, 0.25) is 0 Å². The molecule has 0 radical (unpaired) electrons. The molecule has 0 spiro atoms. The quantitative estimate of drug-likeness (QED) is 0.893. The molecule has 1 aromatic rings. The molecule has 0 aromatic carbocycles. The molecule has 0 aliphatic heterocycles. The van der Waals surface area contributed by atoms with Crippen molar-refractivity contribution in [3.05, 3.63) is 5.82 Å². The Morgan fingerprint density at radius 2 is 1.50 bits per heavy atom. The Bertz CT molecular complexity index is 499. The molecule has 5 nitrogen and oxygen atoms in total. The fourth-order valence-corrected chi connectivity index (χ4v) is 5.09. The summed E-state index contributed by atoms with van der Waals surface area (Å²) in [4.78, 5) is 15.3. The number of nitrogens with two attached hydrogens (primary N) is 1. The maximum Gasteiger partial charge on any atom is 0.229 e. The molecule has 4 saturated carbocycles. The topological polar surface area (TPSA) is 67.9 Å². The molecule has 5 rings (SSSR count). The molecule has 0 unspecified atom stereocenters. The van der Waals surface area contributed by atoms with Gasteiger partial charge in [-0.3, -0.25) is 0 Å². The molecule has 4 aliphatic carbocycles. The summed E-state index contributed by atoms with van der Waals surface area (Å²) in [5.74, 6) is 6.05. The minimum atomic E-state index is 0.368. The number of nitrogens with zero attached hydrogens (tertiary/aromatic N) is 4. The van der Waals surface area contributed by atoms with Crippen LogP contribution < -0.4 is 10.6 Å². The third-order valence-corrected chi connectivity index (χ3v) is 5.58. The van der Waals surface area contributed by atoms with Gasteiger partial charge in [0.15, 0.2) is 0 Å². The van der Waals surface area contributed by atoms with E-state index in [9.17, 15) is 0 Å². The average Bonchev–Trinajstić information content (AvgIpc) is 2.36. The monoisotopic (exact) mass is 273 g/mol. The smallest absolute Gasteiger partial charge is 0.229 e. The molecule has 20 heavy (non-hydrogen) atoms. The number of anilines is 2. The van der Waals surface area contributed by atoms with E-state index in [4.69, 9.17) is 10.7 Å². The lowest BCUT2D eigenvalue weighted by Gasteiger charge is -2.53. The highest BCUT2D eigenvalue weighted by Gasteiger charge is 2.49. The Morgan fingerprint density at radius 1 is 0.900 bits per heavy atom. The second kappa shape index (κ2) is 4.30. The first-order valence-corrected chi connectivity index (χ1v) is 7.79. The van der Waals surface area contributed by atoms with E-state index in [0.29, 0.717) is 17.8 Å². The summed E-state index contributed by atoms with van der Waals surface area (Å²) in [6.07, 6.45) is 6.98. The van der Waals surface area contributed by atoms with Crippen molar-refractivity contribution in [1.82, 2.24) is 15.0 Å². The SMILES string of the molecule is CN(C)c1nc(N)nc(C2C3CC4CC(C3)CC2C4)n1. The van der Waals surface area contributed by atoms with Gasteiger partial charge in [0.25, 0.3) is 0 Å². The molecule has 108 valence electrons. The summed E-state index contributed by atoms with van der Waals surface area (Å²) in [5.41, 5.74) is 5.90. The van der Waals surface area contributed by atoms with E-state index in [0.717, 1.165) is 29.5 Å². The highest BCUT2D eigenvalue weighted by molar-refractivity contribution is 5.33. The van der Waals surface area contributed by atoms with Gasteiger partial charge in [0.2, 0.25) is 11.9 Å². The van der Waals surface area contributed by atoms with E-state index in [2.05, 4.69) is 9.97 Å². The van der Waals surface area contributed by atoms with Crippen LogP contribution >= 0.6 is 0 Å². The van der Waals surface area contributed by atoms with Gasteiger partial charge < -0.3 is 10.6 Å². The first kappa shape index (κ1) is 12.4.